The first kappa shape index (κ1) is 12.2. The number of rotatable bonds is 4. The molecular formula is C14H15N3O. The Bertz CT molecular complexity index is 526. The Hall–Kier alpha value is -2.23. The van der Waals surface area contributed by atoms with E-state index in [-0.39, 0.29) is 5.91 Å². The molecule has 92 valence electrons. The highest BCUT2D eigenvalue weighted by atomic mass is 16.1. The van der Waals surface area contributed by atoms with Crippen molar-refractivity contribution in [3.63, 3.8) is 0 Å². The van der Waals surface area contributed by atoms with E-state index < -0.39 is 0 Å². The van der Waals surface area contributed by atoms with Crippen LogP contribution in [0.4, 0.5) is 0 Å². The highest BCUT2D eigenvalue weighted by Gasteiger charge is 2.06. The maximum atomic E-state index is 11.8. The third-order valence-corrected chi connectivity index (χ3v) is 2.51. The van der Waals surface area contributed by atoms with Gasteiger partial charge >= 0.3 is 0 Å². The number of carbonyl (C=O) groups excluding carboxylic acids is 1. The van der Waals surface area contributed by atoms with Crippen molar-refractivity contribution in [3.8, 4) is 0 Å². The number of nitrogens with one attached hydrogen (secondary N) is 1. The lowest BCUT2D eigenvalue weighted by molar-refractivity contribution is 0.0949. The largest absolute Gasteiger partial charge is 0.350 e. The fourth-order valence-electron chi connectivity index (χ4n) is 1.61. The summed E-state index contributed by atoms with van der Waals surface area (Å²) < 4.78 is 0. The molecule has 0 bridgehead atoms. The average Bonchev–Trinajstić information content (AvgIpc) is 2.40. The van der Waals surface area contributed by atoms with Crippen LogP contribution in [0.25, 0.3) is 0 Å². The predicted octanol–water partition coefficient (Wildman–Crippen LogP) is 1.76. The van der Waals surface area contributed by atoms with E-state index >= 15 is 0 Å². The first-order valence-electron chi connectivity index (χ1n) is 5.87. The molecule has 4 nitrogen and oxygen atoms in total. The van der Waals surface area contributed by atoms with Gasteiger partial charge < -0.3 is 5.32 Å². The summed E-state index contributed by atoms with van der Waals surface area (Å²) in [5, 5.41) is 2.83. The zero-order valence-electron chi connectivity index (χ0n) is 10.3. The zero-order valence-corrected chi connectivity index (χ0v) is 10.3. The van der Waals surface area contributed by atoms with Gasteiger partial charge in [-0.1, -0.05) is 12.1 Å². The van der Waals surface area contributed by atoms with Gasteiger partial charge in [-0.05, 0) is 31.2 Å². The fourth-order valence-corrected chi connectivity index (χ4v) is 1.61. The molecule has 2 rings (SSSR count). The smallest absolute Gasteiger partial charge is 0.269 e. The van der Waals surface area contributed by atoms with Gasteiger partial charge in [0, 0.05) is 30.6 Å². The van der Waals surface area contributed by atoms with Gasteiger partial charge in [-0.25, -0.2) is 4.98 Å². The van der Waals surface area contributed by atoms with E-state index in [0.29, 0.717) is 12.2 Å². The van der Waals surface area contributed by atoms with Crippen LogP contribution < -0.4 is 5.32 Å². The van der Waals surface area contributed by atoms with Gasteiger partial charge in [0.05, 0.1) is 0 Å². The molecule has 0 saturated carbocycles. The number of amides is 1. The van der Waals surface area contributed by atoms with Gasteiger partial charge in [0.15, 0.2) is 0 Å². The molecular weight excluding hydrogens is 226 g/mol. The third-order valence-electron chi connectivity index (χ3n) is 2.51. The Labute approximate surface area is 106 Å². The molecule has 1 N–H and O–H groups in total. The van der Waals surface area contributed by atoms with Crippen LogP contribution in [-0.4, -0.2) is 22.4 Å². The Kier molecular flexibility index (Phi) is 4.02. The molecule has 0 aromatic carbocycles. The monoisotopic (exact) mass is 241 g/mol. The number of aryl methyl sites for hydroxylation is 1. The summed E-state index contributed by atoms with van der Waals surface area (Å²) in [4.78, 5) is 20.2. The van der Waals surface area contributed by atoms with E-state index in [9.17, 15) is 4.79 Å². The summed E-state index contributed by atoms with van der Waals surface area (Å²) in [7, 11) is 0. The minimum absolute atomic E-state index is 0.144. The van der Waals surface area contributed by atoms with E-state index in [1.165, 1.54) is 0 Å². The molecule has 0 radical (unpaired) electrons. The van der Waals surface area contributed by atoms with E-state index in [0.717, 1.165) is 17.8 Å². The van der Waals surface area contributed by atoms with Crippen molar-refractivity contribution in [2.24, 2.45) is 0 Å². The predicted molar refractivity (Wildman–Crippen MR) is 69.2 cm³/mol. The second-order valence-electron chi connectivity index (χ2n) is 3.99. The van der Waals surface area contributed by atoms with Crippen molar-refractivity contribution >= 4 is 5.91 Å². The van der Waals surface area contributed by atoms with Crippen molar-refractivity contribution < 1.29 is 4.79 Å². The number of nitrogens with zero attached hydrogens (tertiary/aromatic N) is 2. The number of hydrogen-bond donors (Lipinski definition) is 1. The highest BCUT2D eigenvalue weighted by molar-refractivity contribution is 5.92. The quantitative estimate of drug-likeness (QED) is 0.887. The van der Waals surface area contributed by atoms with Crippen LogP contribution in [0.5, 0.6) is 0 Å². The normalized spacial score (nSPS) is 10.1. The molecule has 1 amide bonds. The summed E-state index contributed by atoms with van der Waals surface area (Å²) in [6, 6.07) is 11.2. The molecule has 18 heavy (non-hydrogen) atoms. The molecule has 4 heteroatoms. The Morgan fingerprint density at radius 2 is 2.11 bits per heavy atom. The first-order chi connectivity index (χ1) is 8.75. The molecule has 0 fully saturated rings. The number of hydrogen-bond acceptors (Lipinski definition) is 3. The molecule has 0 aliphatic carbocycles. The van der Waals surface area contributed by atoms with Crippen LogP contribution in [0.15, 0.2) is 42.6 Å². The van der Waals surface area contributed by atoms with Gasteiger partial charge in [-0.3, -0.25) is 9.78 Å². The molecule has 0 atom stereocenters. The molecule has 0 unspecified atom stereocenters. The van der Waals surface area contributed by atoms with Gasteiger partial charge in [-0.2, -0.15) is 0 Å². The van der Waals surface area contributed by atoms with Crippen LogP contribution in [-0.2, 0) is 6.42 Å². The van der Waals surface area contributed by atoms with Gasteiger partial charge in [0.25, 0.3) is 5.91 Å². The second-order valence-corrected chi connectivity index (χ2v) is 3.99. The minimum Gasteiger partial charge on any atom is -0.350 e. The Balaban J connectivity index is 1.86. The lowest BCUT2D eigenvalue weighted by atomic mass is 10.2. The summed E-state index contributed by atoms with van der Waals surface area (Å²) in [5.41, 5.74) is 2.26. The minimum atomic E-state index is -0.144. The molecule has 2 aromatic heterocycles. The molecule has 0 aliphatic rings. The van der Waals surface area contributed by atoms with E-state index in [4.69, 9.17) is 0 Å². The maximum Gasteiger partial charge on any atom is 0.269 e. The van der Waals surface area contributed by atoms with Crippen LogP contribution in [0, 0.1) is 6.92 Å². The summed E-state index contributed by atoms with van der Waals surface area (Å²) >= 11 is 0. The van der Waals surface area contributed by atoms with Crippen LogP contribution in [0.1, 0.15) is 21.9 Å². The number of pyridine rings is 2. The lowest BCUT2D eigenvalue weighted by Crippen LogP contribution is -2.26. The van der Waals surface area contributed by atoms with Crippen molar-refractivity contribution in [2.45, 2.75) is 13.3 Å². The van der Waals surface area contributed by atoms with Gasteiger partial charge in [0.2, 0.25) is 0 Å². The number of aromatic nitrogens is 2. The first-order valence-corrected chi connectivity index (χ1v) is 5.87. The zero-order chi connectivity index (χ0) is 12.8. The molecule has 2 heterocycles. The lowest BCUT2D eigenvalue weighted by Gasteiger charge is -2.04. The standard InChI is InChI=1S/C14H15N3O/c1-11-5-4-7-13(17-11)14(18)16-10-8-12-6-2-3-9-15-12/h2-7,9H,8,10H2,1H3,(H,16,18). The van der Waals surface area contributed by atoms with Gasteiger partial charge in [0.1, 0.15) is 5.69 Å². The molecule has 0 saturated heterocycles. The highest BCUT2D eigenvalue weighted by Crippen LogP contribution is 1.98. The summed E-state index contributed by atoms with van der Waals surface area (Å²) in [6.07, 6.45) is 2.47. The third kappa shape index (κ3) is 3.38. The van der Waals surface area contributed by atoms with E-state index in [1.54, 1.807) is 12.3 Å². The SMILES string of the molecule is Cc1cccc(C(=O)NCCc2ccccn2)n1. The average molecular weight is 241 g/mol. The topological polar surface area (TPSA) is 54.9 Å². The molecule has 0 spiro atoms. The number of carbonyl (C=O) groups is 1. The fraction of sp³-hybridized carbons (Fsp3) is 0.214. The maximum absolute atomic E-state index is 11.8. The Morgan fingerprint density at radius 1 is 1.22 bits per heavy atom. The van der Waals surface area contributed by atoms with Crippen molar-refractivity contribution in [3.05, 3.63) is 59.7 Å². The van der Waals surface area contributed by atoms with E-state index in [2.05, 4.69) is 15.3 Å². The van der Waals surface area contributed by atoms with Crippen LogP contribution in [0.2, 0.25) is 0 Å². The summed E-state index contributed by atoms with van der Waals surface area (Å²) in [5.74, 6) is -0.144. The van der Waals surface area contributed by atoms with Crippen LogP contribution in [0.3, 0.4) is 0 Å². The summed E-state index contributed by atoms with van der Waals surface area (Å²) in [6.45, 7) is 2.43. The van der Waals surface area contributed by atoms with Crippen molar-refractivity contribution in [1.82, 2.24) is 15.3 Å². The Morgan fingerprint density at radius 3 is 2.83 bits per heavy atom. The van der Waals surface area contributed by atoms with E-state index in [1.807, 2.05) is 37.3 Å². The van der Waals surface area contributed by atoms with Gasteiger partial charge in [-0.15, -0.1) is 0 Å². The van der Waals surface area contributed by atoms with Crippen LogP contribution >= 0.6 is 0 Å². The second kappa shape index (κ2) is 5.91. The van der Waals surface area contributed by atoms with Crippen molar-refractivity contribution in [2.75, 3.05) is 6.54 Å². The molecule has 0 aliphatic heterocycles. The molecule has 2 aromatic rings. The van der Waals surface area contributed by atoms with Crippen molar-refractivity contribution in [1.29, 1.82) is 0 Å².